The van der Waals surface area contributed by atoms with Crippen LogP contribution in [0.2, 0.25) is 5.02 Å². The van der Waals surface area contributed by atoms with E-state index in [2.05, 4.69) is 0 Å². The van der Waals surface area contributed by atoms with E-state index in [9.17, 15) is 9.59 Å². The molecule has 1 atom stereocenters. The number of ether oxygens (including phenoxy) is 2. The van der Waals surface area contributed by atoms with E-state index in [1.54, 1.807) is 31.2 Å². The van der Waals surface area contributed by atoms with Crippen LogP contribution in [0.3, 0.4) is 0 Å². The van der Waals surface area contributed by atoms with Gasteiger partial charge in [0.2, 0.25) is 0 Å². The number of hydrogen-bond acceptors (Lipinski definition) is 4. The number of benzene rings is 1. The van der Waals surface area contributed by atoms with E-state index in [-0.39, 0.29) is 11.9 Å². The van der Waals surface area contributed by atoms with E-state index in [0.717, 1.165) is 0 Å². The summed E-state index contributed by atoms with van der Waals surface area (Å²) < 4.78 is 9.93. The van der Waals surface area contributed by atoms with Crippen LogP contribution >= 0.6 is 11.6 Å². The number of carbonyl (C=O) groups is 2. The molecule has 0 saturated carbocycles. The summed E-state index contributed by atoms with van der Waals surface area (Å²) in [5, 5.41) is 0.561. The van der Waals surface area contributed by atoms with E-state index in [0.29, 0.717) is 23.6 Å². The zero-order chi connectivity index (χ0) is 13.5. The quantitative estimate of drug-likeness (QED) is 0.606. The Morgan fingerprint density at radius 1 is 1.28 bits per heavy atom. The third-order valence-electron chi connectivity index (χ3n) is 2.22. The Morgan fingerprint density at radius 3 is 2.44 bits per heavy atom. The minimum Gasteiger partial charge on any atom is -0.431 e. The lowest BCUT2D eigenvalue weighted by Gasteiger charge is -2.12. The second kappa shape index (κ2) is 7.01. The van der Waals surface area contributed by atoms with E-state index < -0.39 is 6.16 Å². The standard InChI is InChI=1S/C13H15ClO4/c1-9(15)3-4-10(2)17-13(16)18-12-7-5-11(14)6-8-12/h5-8,10H,3-4H2,1-2H3. The van der Waals surface area contributed by atoms with Gasteiger partial charge in [0.25, 0.3) is 0 Å². The summed E-state index contributed by atoms with van der Waals surface area (Å²) in [4.78, 5) is 22.2. The van der Waals surface area contributed by atoms with Crippen LogP contribution in [-0.2, 0) is 9.53 Å². The van der Waals surface area contributed by atoms with Crippen molar-refractivity contribution < 1.29 is 19.1 Å². The summed E-state index contributed by atoms with van der Waals surface area (Å²) in [5.74, 6) is 0.430. The monoisotopic (exact) mass is 270 g/mol. The average molecular weight is 271 g/mol. The first-order valence-corrected chi connectivity index (χ1v) is 5.98. The normalized spacial score (nSPS) is 11.7. The molecule has 0 aromatic heterocycles. The molecular weight excluding hydrogens is 256 g/mol. The highest BCUT2D eigenvalue weighted by atomic mass is 35.5. The second-order valence-corrected chi connectivity index (χ2v) is 4.41. The Labute approximate surface area is 111 Å². The maximum absolute atomic E-state index is 11.4. The summed E-state index contributed by atoms with van der Waals surface area (Å²) >= 11 is 5.70. The Bertz CT molecular complexity index is 414. The fourth-order valence-corrected chi connectivity index (χ4v) is 1.38. The molecule has 18 heavy (non-hydrogen) atoms. The number of hydrogen-bond donors (Lipinski definition) is 0. The molecule has 0 heterocycles. The van der Waals surface area contributed by atoms with Gasteiger partial charge in [0.05, 0.1) is 0 Å². The van der Waals surface area contributed by atoms with E-state index in [1.165, 1.54) is 6.92 Å². The maximum Gasteiger partial charge on any atom is 0.514 e. The van der Waals surface area contributed by atoms with Gasteiger partial charge in [0.1, 0.15) is 17.6 Å². The minimum atomic E-state index is -0.784. The molecule has 98 valence electrons. The topological polar surface area (TPSA) is 52.6 Å². The summed E-state index contributed by atoms with van der Waals surface area (Å²) in [6, 6.07) is 6.38. The van der Waals surface area contributed by atoms with Gasteiger partial charge in [-0.1, -0.05) is 11.6 Å². The smallest absolute Gasteiger partial charge is 0.431 e. The van der Waals surface area contributed by atoms with Crippen molar-refractivity contribution in [2.45, 2.75) is 32.8 Å². The van der Waals surface area contributed by atoms with Crippen LogP contribution < -0.4 is 4.74 Å². The highest BCUT2D eigenvalue weighted by molar-refractivity contribution is 6.30. The number of carbonyl (C=O) groups excluding carboxylic acids is 2. The zero-order valence-corrected chi connectivity index (χ0v) is 11.1. The lowest BCUT2D eigenvalue weighted by Crippen LogP contribution is -2.18. The van der Waals surface area contributed by atoms with Crippen molar-refractivity contribution in [3.05, 3.63) is 29.3 Å². The molecular formula is C13H15ClO4. The van der Waals surface area contributed by atoms with Crippen LogP contribution in [0.15, 0.2) is 24.3 Å². The summed E-state index contributed by atoms with van der Waals surface area (Å²) in [6.45, 7) is 3.21. The number of halogens is 1. The van der Waals surface area contributed by atoms with Gasteiger partial charge in [-0.2, -0.15) is 0 Å². The van der Waals surface area contributed by atoms with Crippen molar-refractivity contribution in [1.29, 1.82) is 0 Å². The number of rotatable bonds is 5. The first kappa shape index (κ1) is 14.5. The van der Waals surface area contributed by atoms with Crippen LogP contribution in [0.5, 0.6) is 5.75 Å². The molecule has 1 aromatic carbocycles. The van der Waals surface area contributed by atoms with E-state index in [1.807, 2.05) is 0 Å². The van der Waals surface area contributed by atoms with Gasteiger partial charge in [-0.3, -0.25) is 0 Å². The molecule has 0 aliphatic carbocycles. The Morgan fingerprint density at radius 2 is 1.89 bits per heavy atom. The van der Waals surface area contributed by atoms with Crippen LogP contribution in [-0.4, -0.2) is 18.0 Å². The van der Waals surface area contributed by atoms with E-state index >= 15 is 0 Å². The predicted octanol–water partition coefficient (Wildman–Crippen LogP) is 3.61. The molecule has 0 aliphatic rings. The number of Topliss-reactive ketones (excluding diaryl/α,β-unsaturated/α-hetero) is 1. The SMILES string of the molecule is CC(=O)CCC(C)OC(=O)Oc1ccc(Cl)cc1. The molecule has 1 rings (SSSR count). The molecule has 1 aromatic rings. The molecule has 5 heteroatoms. The van der Waals surface area contributed by atoms with Gasteiger partial charge in [0, 0.05) is 11.4 Å². The molecule has 0 saturated heterocycles. The molecule has 0 aliphatic heterocycles. The second-order valence-electron chi connectivity index (χ2n) is 3.98. The molecule has 1 unspecified atom stereocenters. The summed E-state index contributed by atoms with van der Waals surface area (Å²) in [7, 11) is 0. The van der Waals surface area contributed by atoms with Gasteiger partial charge in [-0.25, -0.2) is 4.79 Å². The van der Waals surface area contributed by atoms with Crippen molar-refractivity contribution >= 4 is 23.5 Å². The Balaban J connectivity index is 2.37. The van der Waals surface area contributed by atoms with Crippen molar-refractivity contribution in [2.75, 3.05) is 0 Å². The third kappa shape index (κ3) is 5.68. The molecule has 4 nitrogen and oxygen atoms in total. The molecule has 0 N–H and O–H groups in total. The van der Waals surface area contributed by atoms with Crippen molar-refractivity contribution in [3.63, 3.8) is 0 Å². The van der Waals surface area contributed by atoms with Crippen LogP contribution in [0.1, 0.15) is 26.7 Å². The first-order chi connectivity index (χ1) is 8.47. The van der Waals surface area contributed by atoms with Gasteiger partial charge < -0.3 is 14.3 Å². The molecule has 0 bridgehead atoms. The lowest BCUT2D eigenvalue weighted by molar-refractivity contribution is -0.117. The van der Waals surface area contributed by atoms with Gasteiger partial charge in [-0.15, -0.1) is 0 Å². The average Bonchev–Trinajstić information content (AvgIpc) is 2.29. The van der Waals surface area contributed by atoms with Gasteiger partial charge in [0.15, 0.2) is 0 Å². The van der Waals surface area contributed by atoms with Crippen molar-refractivity contribution in [1.82, 2.24) is 0 Å². The predicted molar refractivity (Wildman–Crippen MR) is 67.9 cm³/mol. The van der Waals surface area contributed by atoms with Crippen LogP contribution in [0.25, 0.3) is 0 Å². The number of ketones is 1. The third-order valence-corrected chi connectivity index (χ3v) is 2.47. The van der Waals surface area contributed by atoms with Crippen molar-refractivity contribution in [2.24, 2.45) is 0 Å². The summed E-state index contributed by atoms with van der Waals surface area (Å²) in [5.41, 5.74) is 0. The van der Waals surface area contributed by atoms with Crippen molar-refractivity contribution in [3.8, 4) is 5.75 Å². The van der Waals surface area contributed by atoms with Gasteiger partial charge in [-0.05, 0) is 44.5 Å². The molecule has 0 radical (unpaired) electrons. The molecule has 0 fully saturated rings. The fraction of sp³-hybridized carbons (Fsp3) is 0.385. The first-order valence-electron chi connectivity index (χ1n) is 5.61. The Kier molecular flexibility index (Phi) is 5.65. The lowest BCUT2D eigenvalue weighted by atomic mass is 10.2. The maximum atomic E-state index is 11.4. The molecule has 0 amide bonds. The highest BCUT2D eigenvalue weighted by Gasteiger charge is 2.12. The fourth-order valence-electron chi connectivity index (χ4n) is 1.25. The van der Waals surface area contributed by atoms with Crippen LogP contribution in [0, 0.1) is 0 Å². The zero-order valence-electron chi connectivity index (χ0n) is 10.3. The van der Waals surface area contributed by atoms with E-state index in [4.69, 9.17) is 21.1 Å². The minimum absolute atomic E-state index is 0.0662. The Hall–Kier alpha value is -1.55. The molecule has 0 spiro atoms. The van der Waals surface area contributed by atoms with Crippen LogP contribution in [0.4, 0.5) is 4.79 Å². The largest absolute Gasteiger partial charge is 0.514 e. The highest BCUT2D eigenvalue weighted by Crippen LogP contribution is 2.16. The summed E-state index contributed by atoms with van der Waals surface area (Å²) in [6.07, 6.45) is -0.262. The van der Waals surface area contributed by atoms with Gasteiger partial charge >= 0.3 is 6.16 Å².